The molecule has 1 heterocycles. The molecule has 1 aliphatic rings. The second-order valence-corrected chi connectivity index (χ2v) is 6.65. The second-order valence-electron chi connectivity index (χ2n) is 6.65. The number of piperazine rings is 1. The van der Waals surface area contributed by atoms with Crippen molar-refractivity contribution >= 4 is 23.0 Å². The Morgan fingerprint density at radius 3 is 2.25 bits per heavy atom. The summed E-state index contributed by atoms with van der Waals surface area (Å²) in [5.74, 6) is -0.212. The summed E-state index contributed by atoms with van der Waals surface area (Å²) < 4.78 is 0. The maximum Gasteiger partial charge on any atom is 0.293 e. The standard InChI is InChI=1S/C20H24N4O4/c25-15-14-21-10-12-22(13-11-21)16-20(26)23(17-6-2-1-3-7-17)18-8-4-5-9-19(18)24(27)28/h1-9,25H,10-16H2. The second kappa shape index (κ2) is 9.41. The van der Waals surface area contributed by atoms with Crippen LogP contribution in [0.3, 0.4) is 0 Å². The predicted molar refractivity (Wildman–Crippen MR) is 107 cm³/mol. The maximum atomic E-state index is 13.2. The number of carbonyl (C=O) groups is 1. The maximum absolute atomic E-state index is 13.2. The van der Waals surface area contributed by atoms with Gasteiger partial charge >= 0.3 is 0 Å². The molecule has 0 saturated carbocycles. The molecular weight excluding hydrogens is 360 g/mol. The number of nitrogens with zero attached hydrogens (tertiary/aromatic N) is 4. The molecule has 1 N–H and O–H groups in total. The quantitative estimate of drug-likeness (QED) is 0.579. The molecule has 1 fully saturated rings. The SMILES string of the molecule is O=C(CN1CCN(CCO)CC1)N(c1ccccc1)c1ccccc1[N+](=O)[O-]. The number of nitro groups is 1. The first-order valence-corrected chi connectivity index (χ1v) is 9.27. The van der Waals surface area contributed by atoms with E-state index in [4.69, 9.17) is 5.11 Å². The zero-order chi connectivity index (χ0) is 19.9. The number of β-amino-alcohol motifs (C(OH)–C–C–N with tert-alkyl or cyclic N) is 1. The Morgan fingerprint density at radius 1 is 1.00 bits per heavy atom. The van der Waals surface area contributed by atoms with Crippen LogP contribution in [0.15, 0.2) is 54.6 Å². The van der Waals surface area contributed by atoms with Gasteiger partial charge in [0.15, 0.2) is 0 Å². The number of nitro benzene ring substituents is 1. The number of hydrogen-bond donors (Lipinski definition) is 1. The van der Waals surface area contributed by atoms with Gasteiger partial charge in [-0.3, -0.25) is 29.6 Å². The Kier molecular flexibility index (Phi) is 6.70. The molecule has 0 aromatic heterocycles. The smallest absolute Gasteiger partial charge is 0.293 e. The number of aliphatic hydroxyl groups excluding tert-OH is 1. The van der Waals surface area contributed by atoms with Crippen molar-refractivity contribution < 1.29 is 14.8 Å². The molecule has 8 heteroatoms. The average Bonchev–Trinajstić information content (AvgIpc) is 2.71. The van der Waals surface area contributed by atoms with Crippen LogP contribution in [-0.2, 0) is 4.79 Å². The molecule has 148 valence electrons. The van der Waals surface area contributed by atoms with Crippen LogP contribution in [-0.4, -0.2) is 71.6 Å². The van der Waals surface area contributed by atoms with Gasteiger partial charge in [-0.15, -0.1) is 0 Å². The summed E-state index contributed by atoms with van der Waals surface area (Å²) in [6.45, 7) is 3.92. The Bertz CT molecular complexity index is 807. The van der Waals surface area contributed by atoms with Crippen molar-refractivity contribution in [1.29, 1.82) is 0 Å². The highest BCUT2D eigenvalue weighted by atomic mass is 16.6. The number of carbonyl (C=O) groups excluding carboxylic acids is 1. The third-order valence-corrected chi connectivity index (χ3v) is 4.82. The molecule has 28 heavy (non-hydrogen) atoms. The van der Waals surface area contributed by atoms with E-state index in [2.05, 4.69) is 4.90 Å². The van der Waals surface area contributed by atoms with Gasteiger partial charge in [0.2, 0.25) is 5.91 Å². The zero-order valence-electron chi connectivity index (χ0n) is 15.6. The first-order chi connectivity index (χ1) is 13.6. The number of aliphatic hydroxyl groups is 1. The summed E-state index contributed by atoms with van der Waals surface area (Å²) in [6.07, 6.45) is 0. The Morgan fingerprint density at radius 2 is 1.61 bits per heavy atom. The number of hydrogen-bond acceptors (Lipinski definition) is 6. The van der Waals surface area contributed by atoms with Crippen LogP contribution in [0.5, 0.6) is 0 Å². The molecule has 1 aliphatic heterocycles. The van der Waals surface area contributed by atoms with Crippen molar-refractivity contribution in [2.24, 2.45) is 0 Å². The number of benzene rings is 2. The lowest BCUT2D eigenvalue weighted by atomic mass is 10.2. The van der Waals surface area contributed by atoms with E-state index in [0.29, 0.717) is 25.3 Å². The lowest BCUT2D eigenvalue weighted by Crippen LogP contribution is -2.50. The fraction of sp³-hybridized carbons (Fsp3) is 0.350. The van der Waals surface area contributed by atoms with Crippen molar-refractivity contribution in [3.05, 3.63) is 64.7 Å². The summed E-state index contributed by atoms with van der Waals surface area (Å²) in [5, 5.41) is 20.6. The van der Waals surface area contributed by atoms with Gasteiger partial charge in [0.1, 0.15) is 5.69 Å². The van der Waals surface area contributed by atoms with E-state index in [1.54, 1.807) is 42.5 Å². The number of amides is 1. The van der Waals surface area contributed by atoms with Gasteiger partial charge in [0.05, 0.1) is 18.1 Å². The van der Waals surface area contributed by atoms with Crippen LogP contribution < -0.4 is 4.90 Å². The Labute approximate surface area is 163 Å². The normalized spacial score (nSPS) is 15.3. The van der Waals surface area contributed by atoms with Gasteiger partial charge in [-0.2, -0.15) is 0 Å². The highest BCUT2D eigenvalue weighted by Crippen LogP contribution is 2.33. The van der Waals surface area contributed by atoms with E-state index in [0.717, 1.165) is 13.1 Å². The van der Waals surface area contributed by atoms with Crippen LogP contribution in [0.4, 0.5) is 17.1 Å². The van der Waals surface area contributed by atoms with Crippen LogP contribution in [0.2, 0.25) is 0 Å². The molecule has 3 rings (SSSR count). The number of rotatable bonds is 7. The minimum absolute atomic E-state index is 0.104. The Balaban J connectivity index is 1.83. The zero-order valence-corrected chi connectivity index (χ0v) is 15.6. The van der Waals surface area contributed by atoms with E-state index >= 15 is 0 Å². The number of para-hydroxylation sites is 3. The van der Waals surface area contributed by atoms with Gasteiger partial charge in [0.25, 0.3) is 5.69 Å². The van der Waals surface area contributed by atoms with Gasteiger partial charge < -0.3 is 5.11 Å². The van der Waals surface area contributed by atoms with Crippen molar-refractivity contribution in [3.8, 4) is 0 Å². The number of anilines is 2. The van der Waals surface area contributed by atoms with E-state index in [1.807, 2.05) is 11.0 Å². The third-order valence-electron chi connectivity index (χ3n) is 4.82. The third kappa shape index (κ3) is 4.72. The minimum atomic E-state index is -0.466. The lowest BCUT2D eigenvalue weighted by Gasteiger charge is -2.35. The van der Waals surface area contributed by atoms with E-state index < -0.39 is 4.92 Å². The molecule has 0 aliphatic carbocycles. The first kappa shape index (κ1) is 19.9. The van der Waals surface area contributed by atoms with Gasteiger partial charge in [0, 0.05) is 44.5 Å². The van der Waals surface area contributed by atoms with Gasteiger partial charge in [-0.1, -0.05) is 30.3 Å². The summed E-state index contributed by atoms with van der Waals surface area (Å²) >= 11 is 0. The minimum Gasteiger partial charge on any atom is -0.395 e. The molecular formula is C20H24N4O4. The van der Waals surface area contributed by atoms with Crippen LogP contribution in [0.1, 0.15) is 0 Å². The van der Waals surface area contributed by atoms with Crippen LogP contribution >= 0.6 is 0 Å². The van der Waals surface area contributed by atoms with Gasteiger partial charge in [-0.05, 0) is 18.2 Å². The molecule has 8 nitrogen and oxygen atoms in total. The first-order valence-electron chi connectivity index (χ1n) is 9.27. The highest BCUT2D eigenvalue weighted by molar-refractivity contribution is 6.03. The van der Waals surface area contributed by atoms with Crippen molar-refractivity contribution in [1.82, 2.24) is 9.80 Å². The molecule has 0 radical (unpaired) electrons. The summed E-state index contributed by atoms with van der Waals surface area (Å²) in [7, 11) is 0. The average molecular weight is 384 g/mol. The summed E-state index contributed by atoms with van der Waals surface area (Å²) in [6, 6.07) is 15.3. The molecule has 1 saturated heterocycles. The molecule has 0 unspecified atom stereocenters. The lowest BCUT2D eigenvalue weighted by molar-refractivity contribution is -0.384. The monoisotopic (exact) mass is 384 g/mol. The summed E-state index contributed by atoms with van der Waals surface area (Å²) in [4.78, 5) is 29.9. The van der Waals surface area contributed by atoms with E-state index in [1.165, 1.54) is 11.0 Å². The molecule has 0 atom stereocenters. The van der Waals surface area contributed by atoms with Crippen molar-refractivity contribution in [3.63, 3.8) is 0 Å². The fourth-order valence-electron chi connectivity index (χ4n) is 3.38. The van der Waals surface area contributed by atoms with Crippen molar-refractivity contribution in [2.75, 3.05) is 50.8 Å². The molecule has 0 bridgehead atoms. The highest BCUT2D eigenvalue weighted by Gasteiger charge is 2.27. The van der Waals surface area contributed by atoms with Gasteiger partial charge in [-0.25, -0.2) is 0 Å². The van der Waals surface area contributed by atoms with E-state index in [9.17, 15) is 14.9 Å². The fourth-order valence-corrected chi connectivity index (χ4v) is 3.38. The Hall–Kier alpha value is -2.81. The molecule has 0 spiro atoms. The summed E-state index contributed by atoms with van der Waals surface area (Å²) in [5.41, 5.74) is 0.760. The predicted octanol–water partition coefficient (Wildman–Crippen LogP) is 1.87. The van der Waals surface area contributed by atoms with Crippen LogP contribution in [0, 0.1) is 10.1 Å². The van der Waals surface area contributed by atoms with Crippen molar-refractivity contribution in [2.45, 2.75) is 0 Å². The molecule has 2 aromatic carbocycles. The topological polar surface area (TPSA) is 90.2 Å². The molecule has 1 amide bonds. The largest absolute Gasteiger partial charge is 0.395 e. The molecule has 2 aromatic rings. The van der Waals surface area contributed by atoms with E-state index in [-0.39, 0.29) is 30.4 Å². The van der Waals surface area contributed by atoms with Crippen LogP contribution in [0.25, 0.3) is 0 Å².